The SMILES string of the molecule is CCC(C)(C)NC(=O)CNCC1(SC)CCCCC1. The Bertz CT molecular complexity index is 286. The summed E-state index contributed by atoms with van der Waals surface area (Å²) in [4.78, 5) is 11.9. The number of hydrogen-bond donors (Lipinski definition) is 2. The van der Waals surface area contributed by atoms with Gasteiger partial charge in [-0.05, 0) is 39.4 Å². The van der Waals surface area contributed by atoms with Crippen LogP contribution in [0.4, 0.5) is 0 Å². The number of amides is 1. The maximum absolute atomic E-state index is 11.9. The molecule has 0 radical (unpaired) electrons. The largest absolute Gasteiger partial charge is 0.350 e. The topological polar surface area (TPSA) is 41.1 Å². The minimum absolute atomic E-state index is 0.0964. The summed E-state index contributed by atoms with van der Waals surface area (Å²) in [6.07, 6.45) is 9.75. The lowest BCUT2D eigenvalue weighted by atomic mass is 9.88. The lowest BCUT2D eigenvalue weighted by Crippen LogP contribution is -2.48. The number of carbonyl (C=O) groups is 1. The van der Waals surface area contributed by atoms with Crippen LogP contribution in [0, 0.1) is 0 Å². The highest BCUT2D eigenvalue weighted by Crippen LogP contribution is 2.37. The zero-order valence-corrected chi connectivity index (χ0v) is 13.8. The number of nitrogens with one attached hydrogen (secondary N) is 2. The molecule has 0 saturated heterocycles. The highest BCUT2D eigenvalue weighted by Gasteiger charge is 2.30. The van der Waals surface area contributed by atoms with Gasteiger partial charge < -0.3 is 10.6 Å². The molecular weight excluding hydrogens is 256 g/mol. The Morgan fingerprint density at radius 1 is 1.26 bits per heavy atom. The van der Waals surface area contributed by atoms with Crippen molar-refractivity contribution < 1.29 is 4.79 Å². The summed E-state index contributed by atoms with van der Waals surface area (Å²) in [6, 6.07) is 0. The molecule has 1 fully saturated rings. The van der Waals surface area contributed by atoms with E-state index in [2.05, 4.69) is 37.7 Å². The third-order valence-corrected chi connectivity index (χ3v) is 5.71. The van der Waals surface area contributed by atoms with Gasteiger partial charge in [0, 0.05) is 16.8 Å². The summed E-state index contributed by atoms with van der Waals surface area (Å²) in [5.41, 5.74) is -0.0964. The van der Waals surface area contributed by atoms with Crippen molar-refractivity contribution in [3.8, 4) is 0 Å². The van der Waals surface area contributed by atoms with Crippen LogP contribution < -0.4 is 10.6 Å². The minimum atomic E-state index is -0.0964. The van der Waals surface area contributed by atoms with Crippen molar-refractivity contribution in [3.63, 3.8) is 0 Å². The Balaban J connectivity index is 2.30. The fourth-order valence-corrected chi connectivity index (χ4v) is 3.51. The van der Waals surface area contributed by atoms with Gasteiger partial charge in [0.1, 0.15) is 0 Å². The van der Waals surface area contributed by atoms with Crippen LogP contribution in [0.25, 0.3) is 0 Å². The first kappa shape index (κ1) is 16.8. The van der Waals surface area contributed by atoms with Crippen molar-refractivity contribution in [3.05, 3.63) is 0 Å². The van der Waals surface area contributed by atoms with E-state index in [1.165, 1.54) is 32.1 Å². The molecule has 0 aromatic heterocycles. The third-order valence-electron chi connectivity index (χ3n) is 4.29. The Kier molecular flexibility index (Phi) is 6.67. The maximum Gasteiger partial charge on any atom is 0.234 e. The Hall–Kier alpha value is -0.220. The van der Waals surface area contributed by atoms with E-state index >= 15 is 0 Å². The van der Waals surface area contributed by atoms with Crippen LogP contribution in [0.5, 0.6) is 0 Å². The fourth-order valence-electron chi connectivity index (χ4n) is 2.56. The predicted molar refractivity (Wildman–Crippen MR) is 84.7 cm³/mol. The van der Waals surface area contributed by atoms with Crippen LogP contribution in [0.2, 0.25) is 0 Å². The quantitative estimate of drug-likeness (QED) is 0.756. The zero-order chi connectivity index (χ0) is 14.4. The number of hydrogen-bond acceptors (Lipinski definition) is 3. The number of thioether (sulfide) groups is 1. The van der Waals surface area contributed by atoms with Gasteiger partial charge in [0.2, 0.25) is 5.91 Å². The smallest absolute Gasteiger partial charge is 0.234 e. The normalized spacial score (nSPS) is 19.2. The summed E-state index contributed by atoms with van der Waals surface area (Å²) in [5.74, 6) is 0.110. The van der Waals surface area contributed by atoms with Gasteiger partial charge in [-0.25, -0.2) is 0 Å². The average Bonchev–Trinajstić information content (AvgIpc) is 2.39. The van der Waals surface area contributed by atoms with Crippen molar-refractivity contribution in [1.82, 2.24) is 10.6 Å². The molecule has 0 atom stereocenters. The van der Waals surface area contributed by atoms with Crippen LogP contribution in [0.1, 0.15) is 59.3 Å². The van der Waals surface area contributed by atoms with E-state index in [-0.39, 0.29) is 11.4 Å². The molecule has 112 valence electrons. The van der Waals surface area contributed by atoms with Crippen molar-refractivity contribution in [1.29, 1.82) is 0 Å². The molecule has 0 aromatic carbocycles. The molecule has 2 N–H and O–H groups in total. The first-order valence-electron chi connectivity index (χ1n) is 7.50. The molecule has 1 saturated carbocycles. The lowest BCUT2D eigenvalue weighted by molar-refractivity contribution is -0.121. The standard InChI is InChI=1S/C15H30N2OS/c1-5-14(2,3)17-13(18)11-16-12-15(19-4)9-7-6-8-10-15/h16H,5-12H2,1-4H3,(H,17,18). The summed E-state index contributed by atoms with van der Waals surface area (Å²) >= 11 is 1.97. The molecule has 1 aliphatic rings. The molecule has 3 nitrogen and oxygen atoms in total. The Labute approximate surface area is 122 Å². The second-order valence-electron chi connectivity index (χ2n) is 6.34. The Morgan fingerprint density at radius 3 is 2.42 bits per heavy atom. The van der Waals surface area contributed by atoms with E-state index in [1.54, 1.807) is 0 Å². The third kappa shape index (κ3) is 5.74. The van der Waals surface area contributed by atoms with Gasteiger partial charge in [0.05, 0.1) is 6.54 Å². The van der Waals surface area contributed by atoms with Crippen molar-refractivity contribution in [2.24, 2.45) is 0 Å². The van der Waals surface area contributed by atoms with E-state index in [1.807, 2.05) is 11.8 Å². The lowest BCUT2D eigenvalue weighted by Gasteiger charge is -2.36. The highest BCUT2D eigenvalue weighted by molar-refractivity contribution is 8.00. The van der Waals surface area contributed by atoms with E-state index in [9.17, 15) is 4.79 Å². The summed E-state index contributed by atoms with van der Waals surface area (Å²) in [7, 11) is 0. The highest BCUT2D eigenvalue weighted by atomic mass is 32.2. The van der Waals surface area contributed by atoms with Gasteiger partial charge in [-0.1, -0.05) is 26.2 Å². The molecule has 0 bridgehead atoms. The molecule has 19 heavy (non-hydrogen) atoms. The second-order valence-corrected chi connectivity index (χ2v) is 7.61. The molecule has 4 heteroatoms. The first-order valence-corrected chi connectivity index (χ1v) is 8.72. The van der Waals surface area contributed by atoms with Gasteiger partial charge in [0.15, 0.2) is 0 Å². The molecule has 1 aliphatic carbocycles. The second kappa shape index (κ2) is 7.53. The van der Waals surface area contributed by atoms with Gasteiger partial charge in [-0.15, -0.1) is 0 Å². The monoisotopic (exact) mass is 286 g/mol. The van der Waals surface area contributed by atoms with Crippen molar-refractivity contribution >= 4 is 17.7 Å². The molecule has 0 aromatic rings. The molecule has 1 rings (SSSR count). The zero-order valence-electron chi connectivity index (χ0n) is 13.0. The molecule has 0 aliphatic heterocycles. The minimum Gasteiger partial charge on any atom is -0.350 e. The molecule has 0 unspecified atom stereocenters. The van der Waals surface area contributed by atoms with E-state index < -0.39 is 0 Å². The van der Waals surface area contributed by atoms with Crippen LogP contribution in [-0.4, -0.2) is 35.5 Å². The summed E-state index contributed by atoms with van der Waals surface area (Å²) in [5, 5.41) is 6.43. The first-order chi connectivity index (χ1) is 8.93. The average molecular weight is 286 g/mol. The van der Waals surface area contributed by atoms with Crippen LogP contribution in [0.3, 0.4) is 0 Å². The summed E-state index contributed by atoms with van der Waals surface area (Å²) in [6.45, 7) is 7.61. The van der Waals surface area contributed by atoms with E-state index in [0.29, 0.717) is 11.3 Å². The Morgan fingerprint density at radius 2 is 1.89 bits per heavy atom. The van der Waals surface area contributed by atoms with E-state index in [4.69, 9.17) is 0 Å². The van der Waals surface area contributed by atoms with Crippen molar-refractivity contribution in [2.45, 2.75) is 69.6 Å². The van der Waals surface area contributed by atoms with Crippen LogP contribution in [0.15, 0.2) is 0 Å². The maximum atomic E-state index is 11.9. The fraction of sp³-hybridized carbons (Fsp3) is 0.933. The van der Waals surface area contributed by atoms with E-state index in [0.717, 1.165) is 13.0 Å². The van der Waals surface area contributed by atoms with Gasteiger partial charge >= 0.3 is 0 Å². The number of carbonyl (C=O) groups excluding carboxylic acids is 1. The van der Waals surface area contributed by atoms with Gasteiger partial charge in [-0.2, -0.15) is 11.8 Å². The molecule has 0 heterocycles. The molecular formula is C15H30N2OS. The van der Waals surface area contributed by atoms with Crippen LogP contribution in [-0.2, 0) is 4.79 Å². The van der Waals surface area contributed by atoms with Gasteiger partial charge in [-0.3, -0.25) is 4.79 Å². The predicted octanol–water partition coefficient (Wildman–Crippen LogP) is 2.95. The van der Waals surface area contributed by atoms with Gasteiger partial charge in [0.25, 0.3) is 0 Å². The number of rotatable bonds is 7. The van der Waals surface area contributed by atoms with Crippen LogP contribution >= 0.6 is 11.8 Å². The molecule has 0 spiro atoms. The molecule has 1 amide bonds. The summed E-state index contributed by atoms with van der Waals surface area (Å²) < 4.78 is 0.360. The van der Waals surface area contributed by atoms with Crippen molar-refractivity contribution in [2.75, 3.05) is 19.3 Å².